The smallest absolute Gasteiger partial charge is 0.271 e. The Kier molecular flexibility index (Phi) is 19.8. The van der Waals surface area contributed by atoms with Gasteiger partial charge >= 0.3 is 0 Å². The normalized spacial score (nSPS) is 19.5. The predicted molar refractivity (Wildman–Crippen MR) is 347 cm³/mol. The van der Waals surface area contributed by atoms with Gasteiger partial charge in [-0.25, -0.2) is 34.9 Å². The number of likely N-dealkylation sites (tertiary alicyclic amines) is 1. The molecule has 8 atom stereocenters. The number of thiazole rings is 6. The van der Waals surface area contributed by atoms with Crippen LogP contribution in [0, 0.1) is 18.8 Å². The molecule has 1 saturated heterocycles. The number of β-amino-alcohol motifs (C(OH)–C–C–N with tert-alkyl or cyclic N) is 1. The zero-order valence-electron chi connectivity index (χ0n) is 49.1. The molecule has 11 rings (SSSR count). The van der Waals surface area contributed by atoms with Crippen molar-refractivity contribution in [1.29, 1.82) is 0 Å². The summed E-state index contributed by atoms with van der Waals surface area (Å²) in [6.45, 7) is 6.59. The maximum atomic E-state index is 15.2. The topological polar surface area (TPSA) is 362 Å². The third-order valence-electron chi connectivity index (χ3n) is 15.7. The molecule has 2 aromatic carbocycles. The van der Waals surface area contributed by atoms with Crippen LogP contribution < -0.4 is 27.4 Å². The van der Waals surface area contributed by atoms with Gasteiger partial charge in [-0.2, -0.15) is 0 Å². The van der Waals surface area contributed by atoms with E-state index >= 15 is 4.79 Å². The first-order valence-electron chi connectivity index (χ1n) is 28.9. The molecule has 2 aliphatic heterocycles. The largest absolute Gasteiger partial charge is 0.508 e. The van der Waals surface area contributed by atoms with Crippen LogP contribution in [0.25, 0.3) is 43.4 Å². The van der Waals surface area contributed by atoms with Gasteiger partial charge in [-0.3, -0.25) is 28.8 Å². The van der Waals surface area contributed by atoms with Gasteiger partial charge in [-0.05, 0) is 74.5 Å². The second kappa shape index (κ2) is 28.1. The first-order valence-corrected chi connectivity index (χ1v) is 34.1. The number of aromatic nitrogens is 7. The van der Waals surface area contributed by atoms with Crippen molar-refractivity contribution in [2.75, 3.05) is 19.6 Å². The maximum Gasteiger partial charge on any atom is 0.271 e. The van der Waals surface area contributed by atoms with Crippen molar-refractivity contribution in [2.45, 2.75) is 95.5 Å². The van der Waals surface area contributed by atoms with Crippen molar-refractivity contribution in [2.24, 2.45) is 23.3 Å². The number of benzene rings is 2. The highest BCUT2D eigenvalue weighted by Gasteiger charge is 2.37. The molecule has 9 aromatic rings. The lowest BCUT2D eigenvalue weighted by Crippen LogP contribution is -2.51. The number of aliphatic hydroxyl groups excluding tert-OH is 2. The summed E-state index contributed by atoms with van der Waals surface area (Å²) in [5.41, 5.74) is 14.3. The highest BCUT2D eigenvalue weighted by molar-refractivity contribution is 7.15. The number of hydrogen-bond acceptors (Lipinski definition) is 24. The summed E-state index contributed by atoms with van der Waals surface area (Å²) in [4.78, 5) is 132. The van der Waals surface area contributed by atoms with Crippen LogP contribution in [0.1, 0.15) is 143 Å². The molecule has 0 radical (unpaired) electrons. The van der Waals surface area contributed by atoms with Crippen LogP contribution in [-0.2, 0) is 20.8 Å². The van der Waals surface area contributed by atoms with E-state index in [-0.39, 0.29) is 76.0 Å². The number of pyridine rings is 1. The van der Waals surface area contributed by atoms with Crippen molar-refractivity contribution < 1.29 is 48.9 Å². The number of Topliss-reactive ketones (excluding diaryl/α,β-unsaturated/α-hetero) is 2. The lowest BCUT2D eigenvalue weighted by molar-refractivity contribution is -0.124. The fourth-order valence-corrected chi connectivity index (χ4v) is 16.4. The molecule has 0 unspecified atom stereocenters. The number of carbonyl (C=O) groups is 7. The average molecular weight is 1340 g/mol. The van der Waals surface area contributed by atoms with Gasteiger partial charge in [0.15, 0.2) is 5.78 Å². The number of nitrogens with two attached hydrogens (primary N) is 2. The summed E-state index contributed by atoms with van der Waals surface area (Å²) in [7, 11) is 0. The monoisotopic (exact) mass is 1340 g/mol. The van der Waals surface area contributed by atoms with Crippen LogP contribution in [-0.4, -0.2) is 128 Å². The van der Waals surface area contributed by atoms with E-state index in [9.17, 15) is 44.1 Å². The molecule has 91 heavy (non-hydrogen) atoms. The van der Waals surface area contributed by atoms with Crippen LogP contribution in [0.5, 0.6) is 5.75 Å². The highest BCUT2D eigenvalue weighted by Crippen LogP contribution is 2.41. The molecule has 5 amide bonds. The Morgan fingerprint density at radius 2 is 1.34 bits per heavy atom. The zero-order valence-corrected chi connectivity index (χ0v) is 54.0. The molecule has 7 aromatic heterocycles. The number of phenols is 1. The second-order valence-corrected chi connectivity index (χ2v) is 28.0. The minimum atomic E-state index is -1.32. The maximum absolute atomic E-state index is 15.2. The number of carbonyl (C=O) groups excluding carboxylic acids is 7. The first-order chi connectivity index (χ1) is 43.7. The zero-order chi connectivity index (χ0) is 64.2. The van der Waals surface area contributed by atoms with Crippen LogP contribution in [0.4, 0.5) is 0 Å². The van der Waals surface area contributed by atoms with E-state index in [1.807, 2.05) is 6.92 Å². The van der Waals surface area contributed by atoms with Crippen molar-refractivity contribution in [3.63, 3.8) is 0 Å². The Labute approximate surface area is 545 Å². The number of amides is 5. The Morgan fingerprint density at radius 3 is 2.08 bits per heavy atom. The van der Waals surface area contributed by atoms with E-state index in [1.54, 1.807) is 84.6 Å². The molecule has 0 saturated carbocycles. The van der Waals surface area contributed by atoms with Gasteiger partial charge in [0, 0.05) is 81.5 Å². The second-order valence-electron chi connectivity index (χ2n) is 22.4. The standard InChI is InChI=1S/C62H61N13O10S6/c1-29(76)18-33-8-7-17-75(22-33)23-47(79)30(2)49-62-72-45(28-90-62)60-68-41(24-88-60)51-36(15-16-38(65-51)59-69-42(25-89-59)53(64)82)57-70-44(26-86-57)56(85)67-40(21-48(63)80)61-74-50(31(3)91-61)46(78)20-37(52(81)34-9-5-4-6-10-34)58-71-43(27-87-58)55(84)66-39(54(83)73-49)19-32-11-13-35(77)14-12-32/h4-6,9-16,24-28,30,33,37,39-40,47,49,52,77,79,81H,7-8,17-23H2,1-3H3,(H2,63,80)(H2,64,82)(H,66,84)(H,67,85)(H,73,83)/t30-,33-,37-,39-,40-,47-,49-,52+/m0/s1. The molecule has 29 heteroatoms. The summed E-state index contributed by atoms with van der Waals surface area (Å²) in [6.07, 6.45) is -0.998. The van der Waals surface area contributed by atoms with Crippen LogP contribution in [0.15, 0.2) is 93.6 Å². The van der Waals surface area contributed by atoms with E-state index < -0.39 is 77.5 Å². The Morgan fingerprint density at radius 1 is 0.681 bits per heavy atom. The van der Waals surface area contributed by atoms with Gasteiger partial charge in [0.05, 0.1) is 41.4 Å². The van der Waals surface area contributed by atoms with Gasteiger partial charge < -0.3 is 52.4 Å². The van der Waals surface area contributed by atoms with Crippen molar-refractivity contribution >= 4 is 109 Å². The summed E-state index contributed by atoms with van der Waals surface area (Å²) >= 11 is 6.91. The minimum Gasteiger partial charge on any atom is -0.508 e. The van der Waals surface area contributed by atoms with E-state index in [0.29, 0.717) is 83.9 Å². The third-order valence-corrected chi connectivity index (χ3v) is 21.3. The van der Waals surface area contributed by atoms with Crippen molar-refractivity contribution in [3.05, 3.63) is 147 Å². The van der Waals surface area contributed by atoms with E-state index in [1.165, 1.54) is 45.6 Å². The molecular formula is C62H61N13O10S6. The van der Waals surface area contributed by atoms with Crippen LogP contribution in [0.3, 0.4) is 0 Å². The van der Waals surface area contributed by atoms with E-state index in [2.05, 4.69) is 30.8 Å². The van der Waals surface area contributed by atoms with E-state index in [0.717, 1.165) is 58.2 Å². The molecule has 2 aliphatic rings. The SMILES string of the molecule is CC(=O)C[C@@H]1CCCN(C[C@H](O)[C@H](C)[C@@H]2NC(=O)[C@H](Cc3ccc(O)cc3)NC(=O)c3csc(n3)[C@H]([C@H](O)c3ccccc3)CC(=O)c3nc(sc3C)[C@H](CC(N)=O)NC(=O)c3csc(n3)-c3ccc(-c4nc(C(N)=O)cs4)nc3-c3csc(n3)-c3csc2n3)C1. The number of ketones is 2. The number of aromatic hydroxyl groups is 1. The van der Waals surface area contributed by atoms with Gasteiger partial charge in [0.2, 0.25) is 11.8 Å². The number of rotatable bonds is 14. The molecule has 0 spiro atoms. The average Bonchev–Trinajstić information content (AvgIpc) is 1.75. The van der Waals surface area contributed by atoms with Gasteiger partial charge in [0.25, 0.3) is 17.7 Å². The number of aliphatic hydroxyl groups is 2. The lowest BCUT2D eigenvalue weighted by atomic mass is 9.90. The molecule has 1 fully saturated rings. The molecule has 0 aliphatic carbocycles. The Balaban J connectivity index is 1.01. The molecule has 23 nitrogen and oxygen atoms in total. The number of nitrogens with one attached hydrogen (secondary N) is 3. The summed E-state index contributed by atoms with van der Waals surface area (Å²) in [5, 5.41) is 53.7. The van der Waals surface area contributed by atoms with Crippen LogP contribution >= 0.6 is 68.0 Å². The molecule has 470 valence electrons. The van der Waals surface area contributed by atoms with E-state index in [4.69, 9.17) is 36.4 Å². The van der Waals surface area contributed by atoms with Crippen LogP contribution in [0.2, 0.25) is 0 Å². The minimum absolute atomic E-state index is 0.0133. The number of hydrogen-bond donors (Lipinski definition) is 8. The van der Waals surface area contributed by atoms with Gasteiger partial charge in [-0.15, -0.1) is 68.0 Å². The number of aryl methyl sites for hydroxylation is 1. The molecule has 10 N–H and O–H groups in total. The molecule has 9 heterocycles. The fourth-order valence-electron chi connectivity index (χ4n) is 11.0. The van der Waals surface area contributed by atoms with Gasteiger partial charge in [-0.1, -0.05) is 49.4 Å². The van der Waals surface area contributed by atoms with Crippen molar-refractivity contribution in [1.82, 2.24) is 55.7 Å². The Hall–Kier alpha value is -8.26. The summed E-state index contributed by atoms with van der Waals surface area (Å²) < 4.78 is 0. The van der Waals surface area contributed by atoms with Gasteiger partial charge in [0.1, 0.15) is 82.5 Å². The molecular weight excluding hydrogens is 1280 g/mol. The number of fused-ring (bicyclic) bond motifs is 14. The lowest BCUT2D eigenvalue weighted by Gasteiger charge is -2.36. The quantitative estimate of drug-likeness (QED) is 0.0508. The third kappa shape index (κ3) is 15.1. The summed E-state index contributed by atoms with van der Waals surface area (Å²) in [5.74, 6) is -5.59. The summed E-state index contributed by atoms with van der Waals surface area (Å²) in [6, 6.07) is 14.9. The van der Waals surface area contributed by atoms with Crippen molar-refractivity contribution in [3.8, 4) is 49.1 Å². The predicted octanol–water partition coefficient (Wildman–Crippen LogP) is 8.24. The molecule has 10 bridgehead atoms. The fraction of sp³-hybridized carbons (Fsp3) is 0.323. The number of nitrogens with zero attached hydrogens (tertiary/aromatic N) is 8. The Bertz CT molecular complexity index is 4180. The number of piperidine rings is 1. The first kappa shape index (κ1) is 64.3. The highest BCUT2D eigenvalue weighted by atomic mass is 32.1. The number of primary amides is 2. The number of phenolic OH excluding ortho intramolecular Hbond substituents is 1.